The van der Waals surface area contributed by atoms with Crippen molar-refractivity contribution in [3.63, 3.8) is 0 Å². The van der Waals surface area contributed by atoms with Crippen LogP contribution in [0.2, 0.25) is 0 Å². The first-order chi connectivity index (χ1) is 13.8. The van der Waals surface area contributed by atoms with Gasteiger partial charge in [-0.2, -0.15) is 4.98 Å². The van der Waals surface area contributed by atoms with Crippen LogP contribution in [0, 0.1) is 0 Å². The maximum absolute atomic E-state index is 5.92. The van der Waals surface area contributed by atoms with Gasteiger partial charge < -0.3 is 14.6 Å². The highest BCUT2D eigenvalue weighted by atomic mass is 35.5. The number of unbranched alkanes of at least 4 members (excludes halogenated alkanes) is 4. The van der Waals surface area contributed by atoms with Crippen molar-refractivity contribution in [3.05, 3.63) is 42.3 Å². The summed E-state index contributed by atoms with van der Waals surface area (Å²) in [6.07, 6.45) is 7.31. The fourth-order valence-corrected chi connectivity index (χ4v) is 3.73. The van der Waals surface area contributed by atoms with Gasteiger partial charge in [-0.25, -0.2) is 0 Å². The Morgan fingerprint density at radius 3 is 2.72 bits per heavy atom. The Balaban J connectivity index is 0.00000240. The molecule has 0 saturated carbocycles. The summed E-state index contributed by atoms with van der Waals surface area (Å²) in [7, 11) is 0. The monoisotopic (exact) mass is 415 g/mol. The number of hydrogen-bond donors (Lipinski definition) is 1. The van der Waals surface area contributed by atoms with Crippen LogP contribution in [0.3, 0.4) is 0 Å². The molecule has 1 aliphatic heterocycles. The summed E-state index contributed by atoms with van der Waals surface area (Å²) in [6, 6.07) is 12.5. The van der Waals surface area contributed by atoms with E-state index < -0.39 is 0 Å². The molecule has 0 radical (unpaired) electrons. The lowest BCUT2D eigenvalue weighted by atomic mass is 10.1. The minimum Gasteiger partial charge on any atom is -0.494 e. The van der Waals surface area contributed by atoms with Crippen LogP contribution >= 0.6 is 12.4 Å². The van der Waals surface area contributed by atoms with E-state index in [4.69, 9.17) is 9.26 Å². The lowest BCUT2D eigenvalue weighted by Gasteiger charge is -2.08. The second-order valence-electron chi connectivity index (χ2n) is 7.63. The molecule has 1 saturated heterocycles. The summed E-state index contributed by atoms with van der Waals surface area (Å²) in [5.41, 5.74) is 0.984. The van der Waals surface area contributed by atoms with Gasteiger partial charge in [-0.05, 0) is 48.4 Å². The summed E-state index contributed by atoms with van der Waals surface area (Å²) in [4.78, 5) is 4.62. The molecular formula is C23H30ClN3O2. The van der Waals surface area contributed by atoms with E-state index in [1.807, 2.05) is 6.07 Å². The molecule has 156 valence electrons. The molecule has 1 aliphatic rings. The van der Waals surface area contributed by atoms with Crippen LogP contribution in [-0.4, -0.2) is 29.8 Å². The fourth-order valence-electron chi connectivity index (χ4n) is 3.73. The van der Waals surface area contributed by atoms with Crippen LogP contribution in [0.1, 0.15) is 57.3 Å². The lowest BCUT2D eigenvalue weighted by Crippen LogP contribution is -2.08. The number of nitrogens with zero attached hydrogens (tertiary/aromatic N) is 2. The maximum atomic E-state index is 5.92. The van der Waals surface area contributed by atoms with Gasteiger partial charge in [0.2, 0.25) is 11.7 Å². The fraction of sp³-hybridized carbons (Fsp3) is 0.478. The standard InChI is InChI=1S/C23H29N3O2.ClH/c1-2-3-4-5-6-13-27-21-10-9-17-14-19(8-7-18(17)15-21)22-25-23(28-26-22)20-11-12-24-16-20;/h7-10,14-15,20,24H,2-6,11-13,16H2,1H3;1H/t20-;/m1./s1. The Bertz CT molecular complexity index is 906. The first-order valence-electron chi connectivity index (χ1n) is 10.5. The van der Waals surface area contributed by atoms with E-state index in [1.54, 1.807) is 0 Å². The Morgan fingerprint density at radius 1 is 1.07 bits per heavy atom. The molecule has 6 heteroatoms. The number of aromatic nitrogens is 2. The van der Waals surface area contributed by atoms with Gasteiger partial charge in [-0.1, -0.05) is 56.0 Å². The Kier molecular flexibility index (Phi) is 7.90. The van der Waals surface area contributed by atoms with Crippen molar-refractivity contribution < 1.29 is 9.26 Å². The van der Waals surface area contributed by atoms with E-state index in [-0.39, 0.29) is 12.4 Å². The molecule has 1 fully saturated rings. The predicted molar refractivity (Wildman–Crippen MR) is 119 cm³/mol. The molecule has 0 spiro atoms. The molecule has 0 aliphatic carbocycles. The van der Waals surface area contributed by atoms with Crippen LogP contribution in [0.25, 0.3) is 22.2 Å². The quantitative estimate of drug-likeness (QED) is 0.451. The number of benzene rings is 2. The number of hydrogen-bond acceptors (Lipinski definition) is 5. The summed E-state index contributed by atoms with van der Waals surface area (Å²) < 4.78 is 11.4. The lowest BCUT2D eigenvalue weighted by molar-refractivity contribution is 0.305. The number of fused-ring (bicyclic) bond motifs is 1. The molecule has 29 heavy (non-hydrogen) atoms. The molecule has 0 amide bonds. The summed E-state index contributed by atoms with van der Waals surface area (Å²) in [5.74, 6) is 2.67. The maximum Gasteiger partial charge on any atom is 0.231 e. The van der Waals surface area contributed by atoms with Gasteiger partial charge in [0.15, 0.2) is 0 Å². The molecule has 1 N–H and O–H groups in total. The van der Waals surface area contributed by atoms with Gasteiger partial charge in [-0.15, -0.1) is 12.4 Å². The Hall–Kier alpha value is -2.11. The Morgan fingerprint density at radius 2 is 1.90 bits per heavy atom. The van der Waals surface area contributed by atoms with Crippen LogP contribution in [0.5, 0.6) is 5.75 Å². The van der Waals surface area contributed by atoms with Crippen LogP contribution in [0.4, 0.5) is 0 Å². The second-order valence-corrected chi connectivity index (χ2v) is 7.63. The van der Waals surface area contributed by atoms with Crippen LogP contribution < -0.4 is 10.1 Å². The van der Waals surface area contributed by atoms with E-state index >= 15 is 0 Å². The molecule has 0 unspecified atom stereocenters. The normalized spacial score (nSPS) is 16.1. The largest absolute Gasteiger partial charge is 0.494 e. The van der Waals surface area contributed by atoms with Gasteiger partial charge in [0.25, 0.3) is 0 Å². The summed E-state index contributed by atoms with van der Waals surface area (Å²) in [5, 5.41) is 9.84. The number of nitrogens with one attached hydrogen (secondary N) is 1. The molecule has 4 rings (SSSR count). The summed E-state index contributed by atoms with van der Waals surface area (Å²) >= 11 is 0. The SMILES string of the molecule is CCCCCCCOc1ccc2cc(-c3noc([C@@H]4CCNC4)n3)ccc2c1.Cl. The van der Waals surface area contributed by atoms with Crippen molar-refractivity contribution in [2.24, 2.45) is 0 Å². The van der Waals surface area contributed by atoms with Gasteiger partial charge >= 0.3 is 0 Å². The van der Waals surface area contributed by atoms with E-state index in [1.165, 1.54) is 25.7 Å². The van der Waals surface area contributed by atoms with Crippen molar-refractivity contribution in [2.45, 2.75) is 51.4 Å². The van der Waals surface area contributed by atoms with Crippen molar-refractivity contribution in [3.8, 4) is 17.1 Å². The molecule has 5 nitrogen and oxygen atoms in total. The zero-order valence-corrected chi connectivity index (χ0v) is 17.8. The molecule has 2 heterocycles. The summed E-state index contributed by atoms with van der Waals surface area (Å²) in [6.45, 7) is 4.96. The topological polar surface area (TPSA) is 60.2 Å². The molecule has 1 atom stereocenters. The van der Waals surface area contributed by atoms with E-state index in [2.05, 4.69) is 52.7 Å². The average Bonchev–Trinajstić information content (AvgIpc) is 3.42. The minimum absolute atomic E-state index is 0. The second kappa shape index (κ2) is 10.6. The zero-order chi connectivity index (χ0) is 19.2. The third-order valence-electron chi connectivity index (χ3n) is 5.44. The van der Waals surface area contributed by atoms with E-state index in [0.29, 0.717) is 11.7 Å². The predicted octanol–water partition coefficient (Wildman–Crippen LogP) is 5.74. The van der Waals surface area contributed by atoms with E-state index in [0.717, 1.165) is 60.5 Å². The van der Waals surface area contributed by atoms with Crippen molar-refractivity contribution in [2.75, 3.05) is 19.7 Å². The smallest absolute Gasteiger partial charge is 0.231 e. The van der Waals surface area contributed by atoms with Crippen molar-refractivity contribution >= 4 is 23.2 Å². The van der Waals surface area contributed by atoms with Crippen LogP contribution in [0.15, 0.2) is 40.9 Å². The number of ether oxygens (including phenoxy) is 1. The number of rotatable bonds is 9. The van der Waals surface area contributed by atoms with Crippen molar-refractivity contribution in [1.82, 2.24) is 15.5 Å². The minimum atomic E-state index is 0. The molecule has 0 bridgehead atoms. The van der Waals surface area contributed by atoms with Crippen LogP contribution in [-0.2, 0) is 0 Å². The molecule has 3 aromatic rings. The molecular weight excluding hydrogens is 386 g/mol. The van der Waals surface area contributed by atoms with E-state index in [9.17, 15) is 0 Å². The third kappa shape index (κ3) is 5.49. The molecule has 2 aromatic carbocycles. The first-order valence-corrected chi connectivity index (χ1v) is 10.5. The number of halogens is 1. The average molecular weight is 416 g/mol. The van der Waals surface area contributed by atoms with Crippen molar-refractivity contribution in [1.29, 1.82) is 0 Å². The van der Waals surface area contributed by atoms with Gasteiger partial charge in [0, 0.05) is 12.1 Å². The highest BCUT2D eigenvalue weighted by Gasteiger charge is 2.23. The Labute approximate surface area is 178 Å². The zero-order valence-electron chi connectivity index (χ0n) is 17.0. The molecule has 1 aromatic heterocycles. The highest BCUT2D eigenvalue weighted by molar-refractivity contribution is 5.87. The van der Waals surface area contributed by atoms with Gasteiger partial charge in [-0.3, -0.25) is 0 Å². The highest BCUT2D eigenvalue weighted by Crippen LogP contribution is 2.28. The first kappa shape index (κ1) is 21.6. The third-order valence-corrected chi connectivity index (χ3v) is 5.44. The van der Waals surface area contributed by atoms with Gasteiger partial charge in [0.05, 0.1) is 12.5 Å². The van der Waals surface area contributed by atoms with Gasteiger partial charge in [0.1, 0.15) is 5.75 Å².